The summed E-state index contributed by atoms with van der Waals surface area (Å²) in [7, 11) is 0. The number of rotatable bonds is 7. The van der Waals surface area contributed by atoms with E-state index < -0.39 is 0 Å². The maximum atomic E-state index is 12.4. The van der Waals surface area contributed by atoms with E-state index in [2.05, 4.69) is 15.5 Å². The Morgan fingerprint density at radius 3 is 2.63 bits per heavy atom. The normalized spacial score (nSPS) is 12.1. The van der Waals surface area contributed by atoms with Gasteiger partial charge in [0.15, 0.2) is 0 Å². The van der Waals surface area contributed by atoms with Gasteiger partial charge in [0.25, 0.3) is 0 Å². The van der Waals surface area contributed by atoms with Crippen molar-refractivity contribution in [3.8, 4) is 11.4 Å². The third-order valence-electron chi connectivity index (χ3n) is 4.26. The van der Waals surface area contributed by atoms with Crippen LogP contribution in [0.15, 0.2) is 59.1 Å². The molecule has 0 bridgehead atoms. The van der Waals surface area contributed by atoms with E-state index in [9.17, 15) is 4.79 Å². The third-order valence-corrected chi connectivity index (χ3v) is 4.49. The van der Waals surface area contributed by atoms with Gasteiger partial charge in [0, 0.05) is 17.0 Å². The predicted octanol–water partition coefficient (Wildman–Crippen LogP) is 4.84. The first kappa shape index (κ1) is 19.1. The maximum Gasteiger partial charge on any atom is 0.249 e. The van der Waals surface area contributed by atoms with Gasteiger partial charge in [0.1, 0.15) is 6.04 Å². The first-order valence-electron chi connectivity index (χ1n) is 8.96. The average Bonchev–Trinajstić information content (AvgIpc) is 3.15. The van der Waals surface area contributed by atoms with E-state index in [1.54, 1.807) is 12.1 Å². The molecular formula is C21H22ClN3O2. The second kappa shape index (κ2) is 8.82. The molecule has 1 heterocycles. The summed E-state index contributed by atoms with van der Waals surface area (Å²) in [6.07, 6.45) is 1.09. The van der Waals surface area contributed by atoms with Gasteiger partial charge in [-0.2, -0.15) is 4.98 Å². The van der Waals surface area contributed by atoms with E-state index >= 15 is 0 Å². The van der Waals surface area contributed by atoms with E-state index in [1.807, 2.05) is 56.3 Å². The summed E-state index contributed by atoms with van der Waals surface area (Å²) in [5.74, 6) is 0.920. The van der Waals surface area contributed by atoms with Gasteiger partial charge in [-0.25, -0.2) is 0 Å². The number of benzene rings is 2. The fourth-order valence-electron chi connectivity index (χ4n) is 2.77. The number of hydrogen-bond acceptors (Lipinski definition) is 4. The molecule has 1 N–H and O–H groups in total. The van der Waals surface area contributed by atoms with Gasteiger partial charge in [-0.1, -0.05) is 73.1 Å². The van der Waals surface area contributed by atoms with Gasteiger partial charge in [0.2, 0.25) is 17.6 Å². The van der Waals surface area contributed by atoms with Crippen LogP contribution in [-0.4, -0.2) is 16.0 Å². The Morgan fingerprint density at radius 1 is 1.15 bits per heavy atom. The smallest absolute Gasteiger partial charge is 0.249 e. The fourth-order valence-corrected chi connectivity index (χ4v) is 2.96. The van der Waals surface area contributed by atoms with E-state index in [4.69, 9.17) is 16.1 Å². The molecule has 0 aliphatic carbocycles. The number of halogens is 1. The van der Waals surface area contributed by atoms with Crippen LogP contribution in [0.2, 0.25) is 5.02 Å². The Balaban J connectivity index is 1.68. The largest absolute Gasteiger partial charge is 0.344 e. The van der Waals surface area contributed by atoms with E-state index in [1.165, 1.54) is 0 Å². The fraction of sp³-hybridized carbons (Fsp3) is 0.286. The molecule has 6 heteroatoms. The lowest BCUT2D eigenvalue weighted by atomic mass is 10.0. The molecule has 0 aliphatic heterocycles. The van der Waals surface area contributed by atoms with Crippen molar-refractivity contribution in [1.29, 1.82) is 0 Å². The number of amides is 1. The minimum absolute atomic E-state index is 0.0416. The van der Waals surface area contributed by atoms with Crippen LogP contribution in [0.5, 0.6) is 0 Å². The van der Waals surface area contributed by atoms with Crippen LogP contribution in [0.3, 0.4) is 0 Å². The van der Waals surface area contributed by atoms with Crippen molar-refractivity contribution in [1.82, 2.24) is 15.5 Å². The highest BCUT2D eigenvalue weighted by Crippen LogP contribution is 2.25. The quantitative estimate of drug-likeness (QED) is 0.634. The molecule has 3 aromatic rings. The van der Waals surface area contributed by atoms with Crippen molar-refractivity contribution in [2.24, 2.45) is 5.92 Å². The molecular weight excluding hydrogens is 362 g/mol. The molecule has 27 heavy (non-hydrogen) atoms. The third kappa shape index (κ3) is 5.17. The summed E-state index contributed by atoms with van der Waals surface area (Å²) in [6, 6.07) is 16.9. The Bertz CT molecular complexity index is 893. The van der Waals surface area contributed by atoms with Crippen molar-refractivity contribution in [3.05, 3.63) is 71.1 Å². The molecule has 0 aliphatic rings. The Kier molecular flexibility index (Phi) is 6.24. The molecule has 2 aromatic carbocycles. The SMILES string of the molecule is CC(C)C(NC(=O)CCc1ccccc1)c1nc(-c2cccc(Cl)c2)no1. The van der Waals surface area contributed by atoms with Gasteiger partial charge < -0.3 is 9.84 Å². The first-order chi connectivity index (χ1) is 13.0. The highest BCUT2D eigenvalue weighted by molar-refractivity contribution is 6.30. The van der Waals surface area contributed by atoms with Gasteiger partial charge >= 0.3 is 0 Å². The molecule has 5 nitrogen and oxygen atoms in total. The van der Waals surface area contributed by atoms with E-state index in [-0.39, 0.29) is 17.9 Å². The maximum absolute atomic E-state index is 12.4. The van der Waals surface area contributed by atoms with Crippen LogP contribution in [0.1, 0.15) is 37.8 Å². The van der Waals surface area contributed by atoms with Crippen molar-refractivity contribution in [3.63, 3.8) is 0 Å². The molecule has 0 radical (unpaired) electrons. The topological polar surface area (TPSA) is 68.0 Å². The lowest BCUT2D eigenvalue weighted by Crippen LogP contribution is -2.32. The minimum atomic E-state index is -0.339. The summed E-state index contributed by atoms with van der Waals surface area (Å²) in [6.45, 7) is 4.01. The van der Waals surface area contributed by atoms with Crippen molar-refractivity contribution < 1.29 is 9.32 Å². The van der Waals surface area contributed by atoms with Crippen molar-refractivity contribution >= 4 is 17.5 Å². The van der Waals surface area contributed by atoms with E-state index in [0.717, 1.165) is 11.1 Å². The molecule has 3 rings (SSSR count). The van der Waals surface area contributed by atoms with Crippen molar-refractivity contribution in [2.45, 2.75) is 32.7 Å². The second-order valence-corrected chi connectivity index (χ2v) is 7.18. The van der Waals surface area contributed by atoms with Gasteiger partial charge in [-0.05, 0) is 30.0 Å². The zero-order valence-electron chi connectivity index (χ0n) is 15.4. The lowest BCUT2D eigenvalue weighted by Gasteiger charge is -2.18. The molecule has 1 aromatic heterocycles. The number of hydrogen-bond donors (Lipinski definition) is 1. The van der Waals surface area contributed by atoms with Gasteiger partial charge in [-0.3, -0.25) is 4.79 Å². The molecule has 1 atom stereocenters. The molecule has 0 spiro atoms. The average molecular weight is 384 g/mol. The number of nitrogens with zero attached hydrogens (tertiary/aromatic N) is 2. The molecule has 140 valence electrons. The summed E-state index contributed by atoms with van der Waals surface area (Å²) in [4.78, 5) is 16.9. The zero-order valence-corrected chi connectivity index (χ0v) is 16.1. The highest BCUT2D eigenvalue weighted by Gasteiger charge is 2.24. The summed E-state index contributed by atoms with van der Waals surface area (Å²) in [5, 5.41) is 7.66. The first-order valence-corrected chi connectivity index (χ1v) is 9.33. The van der Waals surface area contributed by atoms with Crippen LogP contribution < -0.4 is 5.32 Å². The molecule has 0 saturated heterocycles. The summed E-state index contributed by atoms with van der Waals surface area (Å²) in [5.41, 5.74) is 1.91. The zero-order chi connectivity index (χ0) is 19.2. The molecule has 1 amide bonds. The highest BCUT2D eigenvalue weighted by atomic mass is 35.5. The number of carbonyl (C=O) groups excluding carboxylic acids is 1. The van der Waals surface area contributed by atoms with Gasteiger partial charge in [0.05, 0.1) is 0 Å². The number of aromatic nitrogens is 2. The van der Waals surface area contributed by atoms with Crippen LogP contribution >= 0.6 is 11.6 Å². The minimum Gasteiger partial charge on any atom is -0.344 e. The Morgan fingerprint density at radius 2 is 1.93 bits per heavy atom. The number of carbonyl (C=O) groups is 1. The van der Waals surface area contributed by atoms with Crippen LogP contribution in [-0.2, 0) is 11.2 Å². The molecule has 0 saturated carbocycles. The summed E-state index contributed by atoms with van der Waals surface area (Å²) < 4.78 is 5.43. The lowest BCUT2D eigenvalue weighted by molar-refractivity contribution is -0.122. The molecule has 0 fully saturated rings. The Hall–Kier alpha value is -2.66. The van der Waals surface area contributed by atoms with Crippen molar-refractivity contribution in [2.75, 3.05) is 0 Å². The standard InChI is InChI=1S/C21H22ClN3O2/c1-14(2)19(23-18(26)12-11-15-7-4-3-5-8-15)21-24-20(25-27-21)16-9-6-10-17(22)13-16/h3-10,13-14,19H,11-12H2,1-2H3,(H,23,26). The number of nitrogens with one attached hydrogen (secondary N) is 1. The van der Waals surface area contributed by atoms with Crippen LogP contribution in [0.25, 0.3) is 11.4 Å². The van der Waals surface area contributed by atoms with E-state index in [0.29, 0.717) is 29.6 Å². The van der Waals surface area contributed by atoms with Crippen LogP contribution in [0.4, 0.5) is 0 Å². The van der Waals surface area contributed by atoms with Crippen LogP contribution in [0, 0.1) is 5.92 Å². The summed E-state index contributed by atoms with van der Waals surface area (Å²) >= 11 is 6.03. The predicted molar refractivity (Wildman–Crippen MR) is 105 cm³/mol. The number of aryl methyl sites for hydroxylation is 1. The second-order valence-electron chi connectivity index (χ2n) is 6.74. The monoisotopic (exact) mass is 383 g/mol. The molecule has 1 unspecified atom stereocenters. The Labute approximate surface area is 163 Å². The van der Waals surface area contributed by atoms with Gasteiger partial charge in [-0.15, -0.1) is 0 Å².